The van der Waals surface area contributed by atoms with Crippen molar-refractivity contribution in [1.29, 1.82) is 0 Å². The zero-order valence-corrected chi connectivity index (χ0v) is 16.2. The van der Waals surface area contributed by atoms with Crippen molar-refractivity contribution in [3.8, 4) is 5.82 Å². The highest BCUT2D eigenvalue weighted by Crippen LogP contribution is 2.25. The van der Waals surface area contributed by atoms with Gasteiger partial charge in [-0.25, -0.2) is 28.1 Å². The molecule has 3 aromatic rings. The third-order valence-corrected chi connectivity index (χ3v) is 4.91. The number of hydrogen-bond acceptors (Lipinski definition) is 8. The highest BCUT2D eigenvalue weighted by molar-refractivity contribution is 7.92. The molecule has 11 nitrogen and oxygen atoms in total. The van der Waals surface area contributed by atoms with Gasteiger partial charge in [0.25, 0.3) is 0 Å². The van der Waals surface area contributed by atoms with E-state index in [1.54, 1.807) is 36.7 Å². The van der Waals surface area contributed by atoms with E-state index < -0.39 is 10.0 Å². The highest BCUT2D eigenvalue weighted by atomic mass is 32.2. The Balaban J connectivity index is 1.36. The van der Waals surface area contributed by atoms with E-state index in [4.69, 9.17) is 0 Å². The summed E-state index contributed by atoms with van der Waals surface area (Å²) in [6, 6.07) is 8.34. The molecule has 0 bridgehead atoms. The summed E-state index contributed by atoms with van der Waals surface area (Å²) >= 11 is 0. The molecule has 1 amide bonds. The minimum atomic E-state index is -3.38. The van der Waals surface area contributed by atoms with E-state index in [1.807, 2.05) is 4.90 Å². The molecule has 4 rings (SSSR count). The lowest BCUT2D eigenvalue weighted by molar-refractivity contribution is -0.120. The maximum Gasteiger partial charge on any atom is 0.231 e. The van der Waals surface area contributed by atoms with E-state index in [0.29, 0.717) is 36.1 Å². The van der Waals surface area contributed by atoms with Crippen LogP contribution in [0.2, 0.25) is 0 Å². The van der Waals surface area contributed by atoms with Gasteiger partial charge in [-0.2, -0.15) is 5.10 Å². The van der Waals surface area contributed by atoms with Crippen LogP contribution in [0, 0.1) is 5.92 Å². The Kier molecular flexibility index (Phi) is 4.84. The first kappa shape index (κ1) is 18.8. The summed E-state index contributed by atoms with van der Waals surface area (Å²) in [5.41, 5.74) is 0.916. The van der Waals surface area contributed by atoms with Crippen molar-refractivity contribution >= 4 is 33.1 Å². The van der Waals surface area contributed by atoms with Gasteiger partial charge in [-0.1, -0.05) is 6.07 Å². The minimum absolute atomic E-state index is 0.136. The van der Waals surface area contributed by atoms with E-state index in [2.05, 4.69) is 30.1 Å². The summed E-state index contributed by atoms with van der Waals surface area (Å²) in [5, 5.41) is 6.86. The van der Waals surface area contributed by atoms with Gasteiger partial charge in [0.15, 0.2) is 5.82 Å². The lowest BCUT2D eigenvalue weighted by Gasteiger charge is -2.39. The van der Waals surface area contributed by atoms with Gasteiger partial charge >= 0.3 is 0 Å². The van der Waals surface area contributed by atoms with Crippen molar-refractivity contribution in [2.24, 2.45) is 5.92 Å². The summed E-state index contributed by atoms with van der Waals surface area (Å²) < 4.78 is 26.6. The quantitative estimate of drug-likeness (QED) is 0.595. The Labute approximate surface area is 166 Å². The number of carbonyl (C=O) groups is 1. The molecule has 1 saturated heterocycles. The molecule has 0 spiro atoms. The van der Waals surface area contributed by atoms with Gasteiger partial charge in [-0.3, -0.25) is 9.52 Å². The Morgan fingerprint density at radius 2 is 1.86 bits per heavy atom. The SMILES string of the molecule is CS(=O)(=O)Nc1cccc(NC(=O)C2CN(c3cc(-n4cncn4)ncn3)C2)c1. The lowest BCUT2D eigenvalue weighted by Crippen LogP contribution is -2.52. The number of aromatic nitrogens is 5. The Morgan fingerprint density at radius 1 is 1.10 bits per heavy atom. The third-order valence-electron chi connectivity index (χ3n) is 4.30. The number of carbonyl (C=O) groups excluding carboxylic acids is 1. The Morgan fingerprint density at radius 3 is 2.59 bits per heavy atom. The summed E-state index contributed by atoms with van der Waals surface area (Å²) in [7, 11) is -3.38. The number of hydrogen-bond donors (Lipinski definition) is 2. The number of benzene rings is 1. The van der Waals surface area contributed by atoms with Gasteiger partial charge in [-0.15, -0.1) is 0 Å². The van der Waals surface area contributed by atoms with E-state index in [-0.39, 0.29) is 11.8 Å². The number of sulfonamides is 1. The van der Waals surface area contributed by atoms with Crippen molar-refractivity contribution in [2.75, 3.05) is 34.3 Å². The van der Waals surface area contributed by atoms with Crippen LogP contribution in [0.5, 0.6) is 0 Å². The number of nitrogens with one attached hydrogen (secondary N) is 2. The topological polar surface area (TPSA) is 135 Å². The smallest absolute Gasteiger partial charge is 0.231 e. The maximum absolute atomic E-state index is 12.5. The Bertz CT molecular complexity index is 1130. The molecule has 150 valence electrons. The first-order valence-electron chi connectivity index (χ1n) is 8.68. The van der Waals surface area contributed by atoms with Crippen LogP contribution in [0.25, 0.3) is 5.82 Å². The zero-order chi connectivity index (χ0) is 20.4. The molecule has 29 heavy (non-hydrogen) atoms. The predicted octanol–water partition coefficient (Wildman–Crippen LogP) is 0.504. The van der Waals surface area contributed by atoms with E-state index in [0.717, 1.165) is 6.26 Å². The standard InChI is InChI=1S/C17H18N8O3S/c1-29(27,28)23-14-4-2-3-13(5-14)22-17(26)12-7-24(8-12)15-6-16(20-10-19-15)25-11-18-9-21-25/h2-6,9-12,23H,7-8H2,1H3,(H,22,26). The maximum atomic E-state index is 12.5. The van der Waals surface area contributed by atoms with E-state index >= 15 is 0 Å². The number of rotatable bonds is 6. The van der Waals surface area contributed by atoms with Gasteiger partial charge in [-0.05, 0) is 18.2 Å². The van der Waals surface area contributed by atoms with Crippen molar-refractivity contribution < 1.29 is 13.2 Å². The van der Waals surface area contributed by atoms with Gasteiger partial charge in [0.2, 0.25) is 15.9 Å². The average molecular weight is 414 g/mol. The summed E-state index contributed by atoms with van der Waals surface area (Å²) in [6.07, 6.45) is 5.49. The monoisotopic (exact) mass is 414 g/mol. The van der Waals surface area contributed by atoms with E-state index in [1.165, 1.54) is 17.3 Å². The molecule has 0 saturated carbocycles. The van der Waals surface area contributed by atoms with Crippen molar-refractivity contribution in [1.82, 2.24) is 24.7 Å². The second-order valence-electron chi connectivity index (χ2n) is 6.62. The van der Waals surface area contributed by atoms with Crippen LogP contribution >= 0.6 is 0 Å². The molecule has 1 fully saturated rings. The fraction of sp³-hybridized carbons (Fsp3) is 0.235. The van der Waals surface area contributed by atoms with Crippen LogP contribution in [-0.4, -0.2) is 58.4 Å². The molecular weight excluding hydrogens is 396 g/mol. The molecule has 12 heteroatoms. The number of nitrogens with zero attached hydrogens (tertiary/aromatic N) is 6. The third kappa shape index (κ3) is 4.48. The van der Waals surface area contributed by atoms with Crippen LogP contribution in [0.4, 0.5) is 17.2 Å². The second kappa shape index (κ2) is 7.47. The number of anilines is 3. The molecular formula is C17H18N8O3S. The normalized spacial score (nSPS) is 14.3. The average Bonchev–Trinajstić information content (AvgIpc) is 3.14. The zero-order valence-electron chi connectivity index (χ0n) is 15.4. The fourth-order valence-corrected chi connectivity index (χ4v) is 3.47. The number of amides is 1. The largest absolute Gasteiger partial charge is 0.355 e. The first-order chi connectivity index (χ1) is 13.9. The first-order valence-corrected chi connectivity index (χ1v) is 10.6. The molecule has 0 atom stereocenters. The van der Waals surface area contributed by atoms with Crippen molar-refractivity contribution in [2.45, 2.75) is 0 Å². The molecule has 1 aliphatic heterocycles. The molecule has 2 aromatic heterocycles. The fourth-order valence-electron chi connectivity index (χ4n) is 2.91. The predicted molar refractivity (Wildman–Crippen MR) is 106 cm³/mol. The molecule has 0 aliphatic carbocycles. The highest BCUT2D eigenvalue weighted by Gasteiger charge is 2.33. The van der Waals surface area contributed by atoms with Crippen LogP contribution < -0.4 is 14.9 Å². The summed E-state index contributed by atoms with van der Waals surface area (Å²) in [5.74, 6) is 0.958. The molecule has 0 radical (unpaired) electrons. The van der Waals surface area contributed by atoms with Crippen LogP contribution in [0.15, 0.2) is 49.3 Å². The minimum Gasteiger partial charge on any atom is -0.355 e. The summed E-state index contributed by atoms with van der Waals surface area (Å²) in [6.45, 7) is 1.03. The van der Waals surface area contributed by atoms with E-state index in [9.17, 15) is 13.2 Å². The summed E-state index contributed by atoms with van der Waals surface area (Å²) in [4.78, 5) is 26.8. The van der Waals surface area contributed by atoms with Gasteiger partial charge in [0, 0.05) is 24.8 Å². The van der Waals surface area contributed by atoms with Crippen LogP contribution in [-0.2, 0) is 14.8 Å². The van der Waals surface area contributed by atoms with Crippen molar-refractivity contribution in [3.05, 3.63) is 49.3 Å². The van der Waals surface area contributed by atoms with Gasteiger partial charge < -0.3 is 10.2 Å². The lowest BCUT2D eigenvalue weighted by atomic mass is 9.99. The Hall–Kier alpha value is -3.54. The molecule has 0 unspecified atom stereocenters. The molecule has 1 aliphatic rings. The van der Waals surface area contributed by atoms with Crippen LogP contribution in [0.3, 0.4) is 0 Å². The molecule has 2 N–H and O–H groups in total. The second-order valence-corrected chi connectivity index (χ2v) is 8.37. The van der Waals surface area contributed by atoms with Crippen molar-refractivity contribution in [3.63, 3.8) is 0 Å². The van der Waals surface area contributed by atoms with Crippen LogP contribution in [0.1, 0.15) is 0 Å². The molecule has 1 aromatic carbocycles. The van der Waals surface area contributed by atoms with Gasteiger partial charge in [0.1, 0.15) is 24.8 Å². The molecule has 3 heterocycles. The van der Waals surface area contributed by atoms with Gasteiger partial charge in [0.05, 0.1) is 17.9 Å².